The third kappa shape index (κ3) is 4.85. The summed E-state index contributed by atoms with van der Waals surface area (Å²) in [5, 5.41) is 0. The van der Waals surface area contributed by atoms with Crippen LogP contribution in [0, 0.1) is 0 Å². The van der Waals surface area contributed by atoms with Gasteiger partial charge in [-0.15, -0.1) is 0 Å². The molecule has 1 aliphatic rings. The van der Waals surface area contributed by atoms with Gasteiger partial charge in [-0.2, -0.15) is 0 Å². The first-order chi connectivity index (χ1) is 13.9. The Kier molecular flexibility index (Phi) is 7.58. The lowest BCUT2D eigenvalue weighted by Crippen LogP contribution is -2.43. The van der Waals surface area contributed by atoms with E-state index >= 15 is 0 Å². The van der Waals surface area contributed by atoms with Gasteiger partial charge in [0, 0.05) is 19.6 Å². The van der Waals surface area contributed by atoms with E-state index in [4.69, 9.17) is 9.47 Å². The summed E-state index contributed by atoms with van der Waals surface area (Å²) in [7, 11) is 1.54. The fourth-order valence-electron chi connectivity index (χ4n) is 3.03. The number of imide groups is 2. The maximum Gasteiger partial charge on any atom is 0.334 e. The number of benzene rings is 1. The van der Waals surface area contributed by atoms with Gasteiger partial charge >= 0.3 is 17.8 Å². The predicted molar refractivity (Wildman–Crippen MR) is 104 cm³/mol. The maximum absolute atomic E-state index is 12.7. The zero-order valence-electron chi connectivity index (χ0n) is 17.3. The van der Waals surface area contributed by atoms with Crippen LogP contribution in [0.1, 0.15) is 32.8 Å². The monoisotopic (exact) mass is 405 g/mol. The second-order valence-corrected chi connectivity index (χ2v) is 6.46. The van der Waals surface area contributed by atoms with Gasteiger partial charge in [0.1, 0.15) is 6.54 Å². The van der Waals surface area contributed by atoms with Crippen molar-refractivity contribution in [3.05, 3.63) is 23.8 Å². The molecule has 0 radical (unpaired) electrons. The Balaban J connectivity index is 2.10. The van der Waals surface area contributed by atoms with Crippen molar-refractivity contribution in [1.82, 2.24) is 14.7 Å². The Morgan fingerprint density at radius 3 is 2.31 bits per heavy atom. The summed E-state index contributed by atoms with van der Waals surface area (Å²) in [6.45, 7) is 6.29. The quantitative estimate of drug-likeness (QED) is 0.434. The van der Waals surface area contributed by atoms with Crippen LogP contribution in [-0.4, -0.2) is 71.8 Å². The van der Waals surface area contributed by atoms with Crippen molar-refractivity contribution in [2.45, 2.75) is 33.7 Å². The van der Waals surface area contributed by atoms with Crippen LogP contribution in [0.15, 0.2) is 18.2 Å². The van der Waals surface area contributed by atoms with E-state index in [2.05, 4.69) is 0 Å². The van der Waals surface area contributed by atoms with E-state index in [0.29, 0.717) is 36.0 Å². The average Bonchev–Trinajstić information content (AvgIpc) is 2.91. The van der Waals surface area contributed by atoms with Crippen LogP contribution >= 0.6 is 0 Å². The molecule has 0 bridgehead atoms. The number of urea groups is 1. The van der Waals surface area contributed by atoms with E-state index < -0.39 is 30.3 Å². The zero-order valence-corrected chi connectivity index (χ0v) is 17.3. The number of carbonyl (C=O) groups excluding carboxylic acids is 4. The van der Waals surface area contributed by atoms with Gasteiger partial charge in [0.15, 0.2) is 11.5 Å². The highest BCUT2D eigenvalue weighted by molar-refractivity contribution is 6.45. The van der Waals surface area contributed by atoms with E-state index in [1.165, 1.54) is 12.0 Å². The lowest BCUT2D eigenvalue weighted by Gasteiger charge is -2.24. The fraction of sp³-hybridized carbons (Fsp3) is 0.500. The van der Waals surface area contributed by atoms with Crippen molar-refractivity contribution in [1.29, 1.82) is 0 Å². The van der Waals surface area contributed by atoms with E-state index in [1.54, 1.807) is 26.0 Å². The van der Waals surface area contributed by atoms with Gasteiger partial charge in [0.05, 0.1) is 13.7 Å². The molecule has 5 amide bonds. The minimum atomic E-state index is -0.962. The van der Waals surface area contributed by atoms with Crippen LogP contribution in [0.5, 0.6) is 11.5 Å². The SMILES string of the molecule is CCCN1C(=O)C(=O)N(CC(=O)N(CC)Cc2ccc(OCC)c(OC)c2)C1=O. The summed E-state index contributed by atoms with van der Waals surface area (Å²) < 4.78 is 10.8. The molecule has 2 rings (SSSR count). The molecule has 158 valence electrons. The Labute approximate surface area is 170 Å². The Morgan fingerprint density at radius 2 is 1.72 bits per heavy atom. The summed E-state index contributed by atoms with van der Waals surface area (Å²) in [6, 6.07) is 4.63. The molecule has 0 unspecified atom stereocenters. The topological polar surface area (TPSA) is 96.5 Å². The third-order valence-electron chi connectivity index (χ3n) is 4.51. The Bertz CT molecular complexity index is 794. The summed E-state index contributed by atoms with van der Waals surface area (Å²) in [5.74, 6) is -1.11. The van der Waals surface area contributed by atoms with Crippen molar-refractivity contribution in [2.24, 2.45) is 0 Å². The number of hydrogen-bond acceptors (Lipinski definition) is 6. The molecule has 1 aromatic carbocycles. The lowest BCUT2D eigenvalue weighted by atomic mass is 10.2. The smallest absolute Gasteiger partial charge is 0.334 e. The van der Waals surface area contributed by atoms with Crippen molar-refractivity contribution in [2.75, 3.05) is 33.4 Å². The van der Waals surface area contributed by atoms with Crippen LogP contribution in [0.3, 0.4) is 0 Å². The summed E-state index contributed by atoms with van der Waals surface area (Å²) in [5.41, 5.74) is 0.809. The standard InChI is InChI=1S/C20H27N3O6/c1-5-10-22-18(25)19(26)23(20(22)27)13-17(24)21(6-2)12-14-8-9-15(29-7-3)16(11-14)28-4/h8-9,11H,5-7,10,12-13H2,1-4H3. The van der Waals surface area contributed by atoms with Crippen LogP contribution < -0.4 is 9.47 Å². The molecule has 0 saturated carbocycles. The first-order valence-electron chi connectivity index (χ1n) is 9.62. The Morgan fingerprint density at radius 1 is 1.03 bits per heavy atom. The van der Waals surface area contributed by atoms with Crippen molar-refractivity contribution >= 4 is 23.8 Å². The van der Waals surface area contributed by atoms with E-state index in [9.17, 15) is 19.2 Å². The molecular formula is C20H27N3O6. The predicted octanol–water partition coefficient (Wildman–Crippen LogP) is 1.64. The highest BCUT2D eigenvalue weighted by Crippen LogP contribution is 2.28. The normalized spacial score (nSPS) is 13.9. The zero-order chi connectivity index (χ0) is 21.6. The highest BCUT2D eigenvalue weighted by Gasteiger charge is 2.45. The fourth-order valence-corrected chi connectivity index (χ4v) is 3.03. The molecule has 0 aromatic heterocycles. The third-order valence-corrected chi connectivity index (χ3v) is 4.51. The second kappa shape index (κ2) is 9.90. The number of nitrogens with zero attached hydrogens (tertiary/aromatic N) is 3. The molecule has 9 nitrogen and oxygen atoms in total. The van der Waals surface area contributed by atoms with Crippen molar-refractivity contribution in [3.63, 3.8) is 0 Å². The summed E-state index contributed by atoms with van der Waals surface area (Å²) in [6.07, 6.45) is 0.535. The minimum absolute atomic E-state index is 0.150. The van der Waals surface area contributed by atoms with Gasteiger partial charge in [-0.1, -0.05) is 13.0 Å². The number of methoxy groups -OCH3 is 1. The molecule has 1 aliphatic heterocycles. The molecule has 0 aliphatic carbocycles. The molecule has 0 spiro atoms. The van der Waals surface area contributed by atoms with Crippen molar-refractivity contribution < 1.29 is 28.7 Å². The Hall–Kier alpha value is -3.10. The number of carbonyl (C=O) groups is 4. The van der Waals surface area contributed by atoms with Crippen LogP contribution in [0.2, 0.25) is 0 Å². The summed E-state index contributed by atoms with van der Waals surface area (Å²) >= 11 is 0. The minimum Gasteiger partial charge on any atom is -0.493 e. The second-order valence-electron chi connectivity index (χ2n) is 6.46. The van der Waals surface area contributed by atoms with E-state index in [0.717, 1.165) is 10.5 Å². The van der Waals surface area contributed by atoms with Crippen LogP contribution in [0.25, 0.3) is 0 Å². The molecule has 0 N–H and O–H groups in total. The molecule has 0 atom stereocenters. The number of rotatable bonds is 10. The van der Waals surface area contributed by atoms with Gasteiger partial charge in [-0.05, 0) is 38.0 Å². The lowest BCUT2D eigenvalue weighted by molar-refractivity contribution is -0.145. The number of ether oxygens (including phenoxy) is 2. The molecule has 1 heterocycles. The molecule has 1 saturated heterocycles. The highest BCUT2D eigenvalue weighted by atomic mass is 16.5. The summed E-state index contributed by atoms with van der Waals surface area (Å²) in [4.78, 5) is 52.2. The molecule has 1 aromatic rings. The number of likely N-dealkylation sites (N-methyl/N-ethyl adjacent to an activating group) is 1. The maximum atomic E-state index is 12.7. The van der Waals surface area contributed by atoms with Gasteiger partial charge in [-0.3, -0.25) is 19.3 Å². The molecule has 9 heteroatoms. The number of hydrogen-bond donors (Lipinski definition) is 0. The largest absolute Gasteiger partial charge is 0.493 e. The van der Waals surface area contributed by atoms with Crippen molar-refractivity contribution in [3.8, 4) is 11.5 Å². The van der Waals surface area contributed by atoms with Gasteiger partial charge in [0.2, 0.25) is 5.91 Å². The molecule has 1 fully saturated rings. The average molecular weight is 405 g/mol. The van der Waals surface area contributed by atoms with E-state index in [1.807, 2.05) is 13.0 Å². The molecule has 29 heavy (non-hydrogen) atoms. The van der Waals surface area contributed by atoms with Crippen LogP contribution in [0.4, 0.5) is 4.79 Å². The number of amides is 5. The van der Waals surface area contributed by atoms with E-state index in [-0.39, 0.29) is 13.1 Å². The van der Waals surface area contributed by atoms with Gasteiger partial charge < -0.3 is 14.4 Å². The molecular weight excluding hydrogens is 378 g/mol. The first kappa shape index (κ1) is 22.2. The van der Waals surface area contributed by atoms with Crippen LogP contribution in [-0.2, 0) is 20.9 Å². The first-order valence-corrected chi connectivity index (χ1v) is 9.62. The van der Waals surface area contributed by atoms with Gasteiger partial charge in [0.25, 0.3) is 0 Å². The van der Waals surface area contributed by atoms with Gasteiger partial charge in [-0.25, -0.2) is 9.69 Å².